The Labute approximate surface area is 143 Å². The number of benzene rings is 3. The van der Waals surface area contributed by atoms with E-state index in [9.17, 15) is 4.79 Å². The fraction of sp³-hybridized carbons (Fsp3) is 0.105. The lowest BCUT2D eigenvalue weighted by molar-refractivity contribution is -0.114. The van der Waals surface area contributed by atoms with E-state index in [4.69, 9.17) is 0 Å². The smallest absolute Gasteiger partial charge is 0.243 e. The molecule has 0 aliphatic rings. The van der Waals surface area contributed by atoms with Crippen LogP contribution in [0.2, 0.25) is 0 Å². The fourth-order valence-corrected chi connectivity index (χ4v) is 2.99. The number of fused-ring (bicyclic) bond motifs is 1. The first kappa shape index (κ1) is 15.6. The zero-order chi connectivity index (χ0) is 16.2. The molecule has 0 bridgehead atoms. The van der Waals surface area contributed by atoms with Crippen molar-refractivity contribution in [2.24, 2.45) is 0 Å². The molecule has 0 atom stereocenters. The first-order valence-electron chi connectivity index (χ1n) is 7.40. The maximum Gasteiger partial charge on any atom is 0.243 e. The van der Waals surface area contributed by atoms with Crippen LogP contribution < -0.4 is 10.6 Å². The lowest BCUT2D eigenvalue weighted by Gasteiger charge is -2.10. The van der Waals surface area contributed by atoms with Crippen LogP contribution in [0.25, 0.3) is 10.8 Å². The standard InChI is InChI=1S/C19H17BrN2O/c1-13-6-9-18(17(20)10-13)22-19(23)12-21-16-8-7-14-4-2-3-5-15(14)11-16/h2-11,21H,12H2,1H3,(H,22,23). The highest BCUT2D eigenvalue weighted by Crippen LogP contribution is 2.23. The molecule has 0 heterocycles. The molecule has 4 heteroatoms. The molecule has 23 heavy (non-hydrogen) atoms. The Morgan fingerprint density at radius 1 is 1.00 bits per heavy atom. The normalized spacial score (nSPS) is 10.5. The van der Waals surface area contributed by atoms with E-state index in [1.807, 2.05) is 55.5 Å². The van der Waals surface area contributed by atoms with Crippen molar-refractivity contribution in [3.05, 3.63) is 70.7 Å². The van der Waals surface area contributed by atoms with Crippen molar-refractivity contribution < 1.29 is 4.79 Å². The number of nitrogens with one attached hydrogen (secondary N) is 2. The van der Waals surface area contributed by atoms with E-state index in [1.54, 1.807) is 0 Å². The molecule has 0 aliphatic heterocycles. The molecule has 0 unspecified atom stereocenters. The molecule has 0 aromatic heterocycles. The summed E-state index contributed by atoms with van der Waals surface area (Å²) >= 11 is 3.46. The van der Waals surface area contributed by atoms with Crippen LogP contribution in [0.1, 0.15) is 5.56 Å². The van der Waals surface area contributed by atoms with Gasteiger partial charge in [0.05, 0.1) is 12.2 Å². The average Bonchev–Trinajstić information content (AvgIpc) is 2.55. The van der Waals surface area contributed by atoms with Crippen molar-refractivity contribution in [2.75, 3.05) is 17.2 Å². The summed E-state index contributed by atoms with van der Waals surface area (Å²) in [5.41, 5.74) is 2.85. The van der Waals surface area contributed by atoms with Gasteiger partial charge < -0.3 is 10.6 Å². The largest absolute Gasteiger partial charge is 0.376 e. The number of anilines is 2. The van der Waals surface area contributed by atoms with Crippen LogP contribution in [0.5, 0.6) is 0 Å². The molecule has 0 aliphatic carbocycles. The summed E-state index contributed by atoms with van der Waals surface area (Å²) in [7, 11) is 0. The van der Waals surface area contributed by atoms with Gasteiger partial charge in [-0.3, -0.25) is 4.79 Å². The van der Waals surface area contributed by atoms with Crippen LogP contribution in [0.15, 0.2) is 65.1 Å². The van der Waals surface area contributed by atoms with Gasteiger partial charge >= 0.3 is 0 Å². The summed E-state index contributed by atoms with van der Waals surface area (Å²) in [6, 6.07) is 20.1. The Kier molecular flexibility index (Phi) is 4.63. The van der Waals surface area contributed by atoms with E-state index in [0.717, 1.165) is 26.8 Å². The van der Waals surface area contributed by atoms with Gasteiger partial charge in [0.25, 0.3) is 0 Å². The van der Waals surface area contributed by atoms with Crippen LogP contribution in [-0.4, -0.2) is 12.5 Å². The zero-order valence-corrected chi connectivity index (χ0v) is 14.4. The second-order valence-corrected chi connectivity index (χ2v) is 6.30. The van der Waals surface area contributed by atoms with Gasteiger partial charge in [-0.2, -0.15) is 0 Å². The van der Waals surface area contributed by atoms with Gasteiger partial charge in [0.1, 0.15) is 0 Å². The van der Waals surface area contributed by atoms with Crippen molar-refractivity contribution in [1.29, 1.82) is 0 Å². The second kappa shape index (κ2) is 6.84. The fourth-order valence-electron chi connectivity index (χ4n) is 2.40. The monoisotopic (exact) mass is 368 g/mol. The highest BCUT2D eigenvalue weighted by Gasteiger charge is 2.06. The number of rotatable bonds is 4. The number of hydrogen-bond acceptors (Lipinski definition) is 2. The lowest BCUT2D eigenvalue weighted by atomic mass is 10.1. The minimum atomic E-state index is -0.0808. The summed E-state index contributed by atoms with van der Waals surface area (Å²) in [5, 5.41) is 8.40. The van der Waals surface area contributed by atoms with Crippen molar-refractivity contribution in [2.45, 2.75) is 6.92 Å². The minimum absolute atomic E-state index is 0.0808. The SMILES string of the molecule is Cc1ccc(NC(=O)CNc2ccc3ccccc3c2)c(Br)c1. The molecular formula is C19H17BrN2O. The molecule has 3 rings (SSSR count). The average molecular weight is 369 g/mol. The van der Waals surface area contributed by atoms with Gasteiger partial charge in [-0.25, -0.2) is 0 Å². The van der Waals surface area contributed by atoms with Crippen LogP contribution in [0.3, 0.4) is 0 Å². The van der Waals surface area contributed by atoms with Crippen molar-refractivity contribution in [3.63, 3.8) is 0 Å². The maximum absolute atomic E-state index is 12.1. The van der Waals surface area contributed by atoms with Crippen LogP contribution >= 0.6 is 15.9 Å². The number of carbonyl (C=O) groups is 1. The third-order valence-corrected chi connectivity index (χ3v) is 4.26. The molecule has 2 N–H and O–H groups in total. The molecule has 3 aromatic rings. The molecule has 3 aromatic carbocycles. The quantitative estimate of drug-likeness (QED) is 0.682. The van der Waals surface area contributed by atoms with E-state index in [-0.39, 0.29) is 12.5 Å². The molecule has 1 amide bonds. The van der Waals surface area contributed by atoms with Crippen LogP contribution in [0, 0.1) is 6.92 Å². The van der Waals surface area contributed by atoms with Crippen LogP contribution in [0.4, 0.5) is 11.4 Å². The first-order valence-corrected chi connectivity index (χ1v) is 8.20. The number of hydrogen-bond donors (Lipinski definition) is 2. The van der Waals surface area contributed by atoms with E-state index in [2.05, 4.69) is 38.7 Å². The maximum atomic E-state index is 12.1. The first-order chi connectivity index (χ1) is 11.1. The van der Waals surface area contributed by atoms with Crippen LogP contribution in [-0.2, 0) is 4.79 Å². The molecule has 0 saturated heterocycles. The second-order valence-electron chi connectivity index (χ2n) is 5.45. The summed E-state index contributed by atoms with van der Waals surface area (Å²) in [6.45, 7) is 2.23. The van der Waals surface area contributed by atoms with Gasteiger partial charge in [-0.05, 0) is 63.5 Å². The van der Waals surface area contributed by atoms with Gasteiger partial charge in [-0.1, -0.05) is 36.4 Å². The van der Waals surface area contributed by atoms with Crippen molar-refractivity contribution >= 4 is 44.0 Å². The van der Waals surface area contributed by atoms with Gasteiger partial charge in [0.2, 0.25) is 5.91 Å². The Balaban J connectivity index is 1.63. The van der Waals surface area contributed by atoms with Crippen molar-refractivity contribution in [3.8, 4) is 0 Å². The van der Waals surface area contributed by atoms with E-state index >= 15 is 0 Å². The molecule has 116 valence electrons. The molecule has 0 fully saturated rings. The summed E-state index contributed by atoms with van der Waals surface area (Å²) in [6.07, 6.45) is 0. The van der Waals surface area contributed by atoms with E-state index in [1.165, 1.54) is 5.39 Å². The van der Waals surface area contributed by atoms with Crippen molar-refractivity contribution in [1.82, 2.24) is 0 Å². The molecule has 0 spiro atoms. The van der Waals surface area contributed by atoms with Gasteiger partial charge in [-0.15, -0.1) is 0 Å². The molecule has 0 saturated carbocycles. The summed E-state index contributed by atoms with van der Waals surface area (Å²) in [5.74, 6) is -0.0808. The highest BCUT2D eigenvalue weighted by atomic mass is 79.9. The topological polar surface area (TPSA) is 41.1 Å². The number of aryl methyl sites for hydroxylation is 1. The molecule has 0 radical (unpaired) electrons. The third-order valence-electron chi connectivity index (χ3n) is 3.60. The Morgan fingerprint density at radius 2 is 1.78 bits per heavy atom. The van der Waals surface area contributed by atoms with Gasteiger partial charge in [0, 0.05) is 10.2 Å². The number of carbonyl (C=O) groups excluding carboxylic acids is 1. The Hall–Kier alpha value is -2.33. The lowest BCUT2D eigenvalue weighted by Crippen LogP contribution is -2.21. The predicted octanol–water partition coefficient (Wildman–Crippen LogP) is 4.96. The Bertz CT molecular complexity index is 861. The third kappa shape index (κ3) is 3.90. The van der Waals surface area contributed by atoms with Gasteiger partial charge in [0.15, 0.2) is 0 Å². The Morgan fingerprint density at radius 3 is 2.57 bits per heavy atom. The number of amides is 1. The van der Waals surface area contributed by atoms with E-state index < -0.39 is 0 Å². The molecular weight excluding hydrogens is 352 g/mol. The minimum Gasteiger partial charge on any atom is -0.376 e. The summed E-state index contributed by atoms with van der Waals surface area (Å²) in [4.78, 5) is 12.1. The summed E-state index contributed by atoms with van der Waals surface area (Å²) < 4.78 is 0.886. The van der Waals surface area contributed by atoms with E-state index in [0.29, 0.717) is 0 Å². The zero-order valence-electron chi connectivity index (χ0n) is 12.8. The number of halogens is 1. The molecule has 3 nitrogen and oxygen atoms in total. The predicted molar refractivity (Wildman–Crippen MR) is 99.9 cm³/mol. The highest BCUT2D eigenvalue weighted by molar-refractivity contribution is 9.10.